The molecule has 24 heavy (non-hydrogen) atoms. The van der Waals surface area contributed by atoms with Gasteiger partial charge in [-0.05, 0) is 71.6 Å². The SMILES string of the molecule is C=C(C)C(=O)OC12C[C@@H]3C[C@@H](CC(OC(=O)OC(C)(C)C)(C3)C1)C2. The number of esters is 1. The van der Waals surface area contributed by atoms with Crippen LogP contribution in [-0.2, 0) is 19.0 Å². The van der Waals surface area contributed by atoms with Crippen LogP contribution in [0.4, 0.5) is 4.79 Å². The fourth-order valence-electron chi connectivity index (χ4n) is 5.07. The van der Waals surface area contributed by atoms with Crippen molar-refractivity contribution in [1.29, 1.82) is 0 Å². The zero-order valence-electron chi connectivity index (χ0n) is 15.1. The van der Waals surface area contributed by atoms with E-state index in [0.29, 0.717) is 23.8 Å². The minimum Gasteiger partial charge on any atom is -0.456 e. The molecule has 0 aliphatic heterocycles. The molecule has 4 aliphatic carbocycles. The zero-order chi connectivity index (χ0) is 17.8. The van der Waals surface area contributed by atoms with Gasteiger partial charge >= 0.3 is 12.1 Å². The van der Waals surface area contributed by atoms with E-state index >= 15 is 0 Å². The van der Waals surface area contributed by atoms with E-state index in [-0.39, 0.29) is 5.97 Å². The van der Waals surface area contributed by atoms with Gasteiger partial charge in [-0.2, -0.15) is 0 Å². The number of carbonyl (C=O) groups excluding carboxylic acids is 2. The summed E-state index contributed by atoms with van der Waals surface area (Å²) in [6.45, 7) is 10.8. The van der Waals surface area contributed by atoms with E-state index in [1.807, 2.05) is 20.8 Å². The maximum Gasteiger partial charge on any atom is 0.509 e. The molecule has 4 rings (SSSR count). The Kier molecular flexibility index (Phi) is 3.97. The second-order valence-corrected chi connectivity index (χ2v) is 9.06. The average molecular weight is 336 g/mol. The van der Waals surface area contributed by atoms with Crippen molar-refractivity contribution in [2.75, 3.05) is 0 Å². The lowest BCUT2D eigenvalue weighted by Crippen LogP contribution is -2.62. The highest BCUT2D eigenvalue weighted by atomic mass is 16.7. The molecule has 0 heterocycles. The first-order valence-electron chi connectivity index (χ1n) is 8.81. The summed E-state index contributed by atoms with van der Waals surface area (Å²) in [5, 5.41) is 0. The summed E-state index contributed by atoms with van der Waals surface area (Å²) >= 11 is 0. The van der Waals surface area contributed by atoms with Gasteiger partial charge in [0, 0.05) is 12.0 Å². The van der Waals surface area contributed by atoms with Crippen molar-refractivity contribution >= 4 is 12.1 Å². The molecule has 4 saturated carbocycles. The van der Waals surface area contributed by atoms with E-state index < -0.39 is 23.0 Å². The molecular weight excluding hydrogens is 308 g/mol. The van der Waals surface area contributed by atoms with Crippen LogP contribution in [0.3, 0.4) is 0 Å². The van der Waals surface area contributed by atoms with Gasteiger partial charge < -0.3 is 14.2 Å². The summed E-state index contributed by atoms with van der Waals surface area (Å²) in [5.41, 5.74) is -1.24. The third kappa shape index (κ3) is 3.45. The van der Waals surface area contributed by atoms with Crippen molar-refractivity contribution in [3.8, 4) is 0 Å². The molecule has 0 aromatic carbocycles. The van der Waals surface area contributed by atoms with Crippen molar-refractivity contribution < 1.29 is 23.8 Å². The van der Waals surface area contributed by atoms with Crippen LogP contribution in [0, 0.1) is 11.8 Å². The molecule has 4 fully saturated rings. The highest BCUT2D eigenvalue weighted by molar-refractivity contribution is 5.87. The molecule has 0 N–H and O–H groups in total. The van der Waals surface area contributed by atoms with Crippen LogP contribution in [0.25, 0.3) is 0 Å². The number of ether oxygens (including phenoxy) is 3. The summed E-state index contributed by atoms with van der Waals surface area (Å²) in [5.74, 6) is 0.530. The summed E-state index contributed by atoms with van der Waals surface area (Å²) < 4.78 is 17.0. The van der Waals surface area contributed by atoms with E-state index in [9.17, 15) is 9.59 Å². The lowest BCUT2D eigenvalue weighted by atomic mass is 9.52. The average Bonchev–Trinajstić information content (AvgIpc) is 2.32. The molecule has 0 saturated heterocycles. The summed E-state index contributed by atoms with van der Waals surface area (Å²) in [6, 6.07) is 0. The minimum absolute atomic E-state index is 0.343. The smallest absolute Gasteiger partial charge is 0.456 e. The quantitative estimate of drug-likeness (QED) is 0.572. The Morgan fingerprint density at radius 1 is 1.00 bits per heavy atom. The zero-order valence-corrected chi connectivity index (χ0v) is 15.1. The Morgan fingerprint density at radius 2 is 1.50 bits per heavy atom. The van der Waals surface area contributed by atoms with E-state index in [2.05, 4.69) is 6.58 Å². The van der Waals surface area contributed by atoms with Crippen LogP contribution in [0.5, 0.6) is 0 Å². The normalized spacial score (nSPS) is 37.0. The largest absolute Gasteiger partial charge is 0.509 e. The van der Waals surface area contributed by atoms with Crippen molar-refractivity contribution in [3.05, 3.63) is 12.2 Å². The van der Waals surface area contributed by atoms with Crippen molar-refractivity contribution in [3.63, 3.8) is 0 Å². The number of hydrogen-bond acceptors (Lipinski definition) is 5. The molecule has 5 heteroatoms. The van der Waals surface area contributed by atoms with Crippen molar-refractivity contribution in [1.82, 2.24) is 0 Å². The second-order valence-electron chi connectivity index (χ2n) is 9.06. The van der Waals surface area contributed by atoms with Crippen LogP contribution in [0.2, 0.25) is 0 Å². The number of carbonyl (C=O) groups is 2. The molecule has 2 unspecified atom stereocenters. The molecule has 0 radical (unpaired) electrons. The maximum absolute atomic E-state index is 12.2. The van der Waals surface area contributed by atoms with Gasteiger partial charge in [0.05, 0.1) is 0 Å². The van der Waals surface area contributed by atoms with Crippen molar-refractivity contribution in [2.24, 2.45) is 11.8 Å². The van der Waals surface area contributed by atoms with Crippen LogP contribution in [0.1, 0.15) is 66.2 Å². The second kappa shape index (κ2) is 5.50. The monoisotopic (exact) mass is 336 g/mol. The Bertz CT molecular complexity index is 557. The highest BCUT2D eigenvalue weighted by Crippen LogP contribution is 2.60. The van der Waals surface area contributed by atoms with Gasteiger partial charge in [-0.1, -0.05) is 6.58 Å². The van der Waals surface area contributed by atoms with E-state index in [1.54, 1.807) is 6.92 Å². The predicted molar refractivity (Wildman–Crippen MR) is 88.4 cm³/mol. The van der Waals surface area contributed by atoms with E-state index in [0.717, 1.165) is 32.1 Å². The minimum atomic E-state index is -0.620. The molecule has 0 aromatic heterocycles. The fourth-order valence-corrected chi connectivity index (χ4v) is 5.07. The fraction of sp³-hybridized carbons (Fsp3) is 0.789. The summed E-state index contributed by atoms with van der Waals surface area (Å²) in [6.07, 6.45) is 4.50. The van der Waals surface area contributed by atoms with Crippen LogP contribution in [-0.4, -0.2) is 28.9 Å². The first kappa shape index (κ1) is 17.3. The molecule has 4 bridgehead atoms. The summed E-state index contributed by atoms with van der Waals surface area (Å²) in [4.78, 5) is 24.3. The number of rotatable bonds is 3. The third-order valence-corrected chi connectivity index (χ3v) is 5.30. The van der Waals surface area contributed by atoms with Gasteiger partial charge in [0.2, 0.25) is 0 Å². The van der Waals surface area contributed by atoms with Gasteiger partial charge in [0.25, 0.3) is 0 Å². The van der Waals surface area contributed by atoms with Crippen LogP contribution >= 0.6 is 0 Å². The lowest BCUT2D eigenvalue weighted by Gasteiger charge is -2.59. The van der Waals surface area contributed by atoms with Crippen molar-refractivity contribution in [2.45, 2.75) is 83.0 Å². The highest BCUT2D eigenvalue weighted by Gasteiger charge is 2.61. The Balaban J connectivity index is 1.77. The van der Waals surface area contributed by atoms with Crippen LogP contribution in [0.15, 0.2) is 12.2 Å². The predicted octanol–water partition coefficient (Wildman–Crippen LogP) is 4.15. The molecule has 5 nitrogen and oxygen atoms in total. The summed E-state index contributed by atoms with van der Waals surface area (Å²) in [7, 11) is 0. The molecule has 0 aromatic rings. The van der Waals surface area contributed by atoms with Crippen LogP contribution < -0.4 is 0 Å². The molecule has 0 spiro atoms. The van der Waals surface area contributed by atoms with Gasteiger partial charge in [0.15, 0.2) is 0 Å². The molecule has 4 atom stereocenters. The Hall–Kier alpha value is -1.52. The van der Waals surface area contributed by atoms with Gasteiger partial charge in [-0.25, -0.2) is 9.59 Å². The van der Waals surface area contributed by atoms with E-state index in [4.69, 9.17) is 14.2 Å². The first-order chi connectivity index (χ1) is 11.0. The Labute approximate surface area is 143 Å². The number of hydrogen-bond donors (Lipinski definition) is 0. The van der Waals surface area contributed by atoms with Gasteiger partial charge in [-0.3, -0.25) is 0 Å². The maximum atomic E-state index is 12.2. The van der Waals surface area contributed by atoms with Gasteiger partial charge in [0.1, 0.15) is 16.8 Å². The lowest BCUT2D eigenvalue weighted by molar-refractivity contribution is -0.222. The topological polar surface area (TPSA) is 61.8 Å². The Morgan fingerprint density at radius 3 is 1.96 bits per heavy atom. The molecular formula is C19H28O5. The third-order valence-electron chi connectivity index (χ3n) is 5.30. The molecule has 134 valence electrons. The molecule has 4 aliphatic rings. The molecule has 0 amide bonds. The standard InChI is InChI=1S/C19H28O5/c1-12(2)15(20)22-18-7-13-6-14(8-18)10-19(9-13,11-18)24-16(21)23-17(3,4)5/h13-14H,1,6-11H2,2-5H3/t13-,14+,18?,19?. The first-order valence-corrected chi connectivity index (χ1v) is 8.81. The van der Waals surface area contributed by atoms with E-state index in [1.165, 1.54) is 0 Å². The van der Waals surface area contributed by atoms with Gasteiger partial charge in [-0.15, -0.1) is 0 Å².